The Morgan fingerprint density at radius 2 is 2.00 bits per heavy atom. The largest absolute Gasteiger partial charge is 0.301 e. The van der Waals surface area contributed by atoms with Crippen molar-refractivity contribution in [1.29, 1.82) is 5.26 Å². The van der Waals surface area contributed by atoms with Crippen LogP contribution in [0.3, 0.4) is 0 Å². The van der Waals surface area contributed by atoms with Crippen molar-refractivity contribution in [2.75, 3.05) is 5.32 Å². The molecule has 0 aliphatic carbocycles. The van der Waals surface area contributed by atoms with Crippen LogP contribution in [0.4, 0.5) is 5.13 Å². The second-order valence-corrected chi connectivity index (χ2v) is 8.34. The first-order chi connectivity index (χ1) is 13.0. The molecule has 1 unspecified atom stereocenters. The number of aryl methyl sites for hydroxylation is 1. The minimum absolute atomic E-state index is 0.191. The van der Waals surface area contributed by atoms with Gasteiger partial charge < -0.3 is 5.32 Å². The lowest BCUT2D eigenvalue weighted by molar-refractivity contribution is -0.115. The Bertz CT molecular complexity index is 1010. The molecule has 27 heavy (non-hydrogen) atoms. The summed E-state index contributed by atoms with van der Waals surface area (Å²) in [7, 11) is 0. The molecule has 0 spiro atoms. The van der Waals surface area contributed by atoms with Crippen molar-refractivity contribution in [3.05, 3.63) is 58.1 Å². The van der Waals surface area contributed by atoms with E-state index < -0.39 is 5.25 Å². The van der Waals surface area contributed by atoms with E-state index in [-0.39, 0.29) is 5.91 Å². The van der Waals surface area contributed by atoms with Gasteiger partial charge in [0, 0.05) is 21.7 Å². The Morgan fingerprint density at radius 3 is 2.70 bits per heavy atom. The summed E-state index contributed by atoms with van der Waals surface area (Å²) in [5.41, 5.74) is 2.97. The van der Waals surface area contributed by atoms with Crippen molar-refractivity contribution in [1.82, 2.24) is 9.97 Å². The third kappa shape index (κ3) is 4.86. The summed E-state index contributed by atoms with van der Waals surface area (Å²) in [4.78, 5) is 21.3. The van der Waals surface area contributed by atoms with Gasteiger partial charge in [0.25, 0.3) is 0 Å². The number of aromatic nitrogens is 2. The molecular weight excluding hydrogens is 400 g/mol. The van der Waals surface area contributed by atoms with Crippen LogP contribution in [-0.2, 0) is 4.79 Å². The lowest BCUT2D eigenvalue weighted by atomic mass is 10.2. The van der Waals surface area contributed by atoms with Crippen LogP contribution >= 0.6 is 34.7 Å². The van der Waals surface area contributed by atoms with Crippen molar-refractivity contribution in [2.24, 2.45) is 0 Å². The fraction of sp³-hybridized carbons (Fsp3) is 0.158. The van der Waals surface area contributed by atoms with Crippen LogP contribution in [-0.4, -0.2) is 21.1 Å². The molecule has 0 radical (unpaired) electrons. The Balaban J connectivity index is 1.68. The molecule has 1 aromatic carbocycles. The molecular formula is C19H15ClN4OS2. The number of hydrogen-bond donors (Lipinski definition) is 1. The molecule has 0 fully saturated rings. The van der Waals surface area contributed by atoms with Gasteiger partial charge in [-0.3, -0.25) is 4.79 Å². The number of benzene rings is 1. The Morgan fingerprint density at radius 1 is 1.26 bits per heavy atom. The summed E-state index contributed by atoms with van der Waals surface area (Å²) in [6.07, 6.45) is 0. The van der Waals surface area contributed by atoms with Crippen LogP contribution in [0.5, 0.6) is 0 Å². The van der Waals surface area contributed by atoms with E-state index in [1.807, 2.05) is 24.4 Å². The second-order valence-electron chi connectivity index (χ2n) is 5.71. The number of rotatable bonds is 5. The van der Waals surface area contributed by atoms with E-state index in [1.165, 1.54) is 23.1 Å². The maximum absolute atomic E-state index is 12.5. The van der Waals surface area contributed by atoms with Gasteiger partial charge in [-0.05, 0) is 38.1 Å². The first-order valence-electron chi connectivity index (χ1n) is 8.03. The van der Waals surface area contributed by atoms with Crippen molar-refractivity contribution < 1.29 is 4.79 Å². The van der Waals surface area contributed by atoms with Crippen LogP contribution in [0.25, 0.3) is 11.3 Å². The van der Waals surface area contributed by atoms with E-state index >= 15 is 0 Å². The molecule has 0 aliphatic heterocycles. The zero-order valence-corrected chi connectivity index (χ0v) is 17.0. The number of nitrogens with one attached hydrogen (secondary N) is 1. The number of halogens is 1. The predicted octanol–water partition coefficient (Wildman–Crippen LogP) is 5.16. The minimum atomic E-state index is -0.422. The lowest BCUT2D eigenvalue weighted by Crippen LogP contribution is -2.22. The number of nitrogens with zero attached hydrogens (tertiary/aromatic N) is 3. The number of nitriles is 1. The van der Waals surface area contributed by atoms with E-state index in [0.29, 0.717) is 20.7 Å². The molecule has 3 rings (SSSR count). The summed E-state index contributed by atoms with van der Waals surface area (Å²) in [6.45, 7) is 3.63. The molecule has 8 heteroatoms. The fourth-order valence-corrected chi connectivity index (χ4v) is 4.01. The molecule has 1 amide bonds. The highest BCUT2D eigenvalue weighted by molar-refractivity contribution is 8.00. The van der Waals surface area contributed by atoms with Crippen molar-refractivity contribution in [3.63, 3.8) is 0 Å². The molecule has 0 saturated carbocycles. The predicted molar refractivity (Wildman–Crippen MR) is 110 cm³/mol. The summed E-state index contributed by atoms with van der Waals surface area (Å²) in [5, 5.41) is 15.2. The Kier molecular flexibility index (Phi) is 6.11. The average molecular weight is 415 g/mol. The molecule has 5 nitrogen and oxygen atoms in total. The third-order valence-corrected chi connectivity index (χ3v) is 5.76. The van der Waals surface area contributed by atoms with Gasteiger partial charge in [0.1, 0.15) is 11.1 Å². The maximum atomic E-state index is 12.5. The topological polar surface area (TPSA) is 78.7 Å². The van der Waals surface area contributed by atoms with E-state index in [1.54, 1.807) is 31.2 Å². The first-order valence-corrected chi connectivity index (χ1v) is 10.2. The van der Waals surface area contributed by atoms with Crippen LogP contribution in [0.1, 0.15) is 18.2 Å². The standard InChI is InChI=1S/C19H15ClN4OS2/c1-11-3-4-14(9-21)18(22-11)27-12(2)17(25)24-19-23-16(10-26-19)13-5-7-15(20)8-6-13/h3-8,10,12H,1-2H3,(H,23,24,25). The zero-order valence-electron chi connectivity index (χ0n) is 14.6. The van der Waals surface area contributed by atoms with Gasteiger partial charge in [-0.2, -0.15) is 5.26 Å². The number of carbonyl (C=O) groups is 1. The molecule has 1 N–H and O–H groups in total. The number of hydrogen-bond acceptors (Lipinski definition) is 6. The molecule has 0 bridgehead atoms. The maximum Gasteiger partial charge on any atom is 0.239 e. The number of anilines is 1. The van der Waals surface area contributed by atoms with Gasteiger partial charge >= 0.3 is 0 Å². The number of pyridine rings is 1. The summed E-state index contributed by atoms with van der Waals surface area (Å²) in [5.74, 6) is -0.191. The van der Waals surface area contributed by atoms with Gasteiger partial charge in [0.2, 0.25) is 5.91 Å². The molecule has 2 aromatic heterocycles. The second kappa shape index (κ2) is 8.53. The summed E-state index contributed by atoms with van der Waals surface area (Å²) < 4.78 is 0. The molecule has 3 aromatic rings. The monoisotopic (exact) mass is 414 g/mol. The first kappa shape index (κ1) is 19.4. The number of thioether (sulfide) groups is 1. The van der Waals surface area contributed by atoms with Gasteiger partial charge in [0.05, 0.1) is 16.5 Å². The normalized spacial score (nSPS) is 11.6. The Hall–Kier alpha value is -2.40. The van der Waals surface area contributed by atoms with Crippen molar-refractivity contribution in [2.45, 2.75) is 24.1 Å². The minimum Gasteiger partial charge on any atom is -0.301 e. The molecule has 0 saturated heterocycles. The number of amides is 1. The highest BCUT2D eigenvalue weighted by atomic mass is 35.5. The molecule has 136 valence electrons. The quantitative estimate of drug-likeness (QED) is 0.583. The van der Waals surface area contributed by atoms with Crippen molar-refractivity contribution in [3.8, 4) is 17.3 Å². The molecule has 2 heterocycles. The van der Waals surface area contributed by atoms with E-state index in [0.717, 1.165) is 17.0 Å². The fourth-order valence-electron chi connectivity index (χ4n) is 2.22. The summed E-state index contributed by atoms with van der Waals surface area (Å²) in [6, 6.07) is 13.0. The Labute approximate surface area is 170 Å². The number of thiazole rings is 1. The zero-order chi connectivity index (χ0) is 19.4. The van der Waals surface area contributed by atoms with Gasteiger partial charge in [-0.1, -0.05) is 35.5 Å². The van der Waals surface area contributed by atoms with Crippen LogP contribution in [0.2, 0.25) is 5.02 Å². The molecule has 0 aliphatic rings. The van der Waals surface area contributed by atoms with Crippen molar-refractivity contribution >= 4 is 45.7 Å². The van der Waals surface area contributed by atoms with E-state index in [9.17, 15) is 10.1 Å². The van der Waals surface area contributed by atoms with Crippen LogP contribution in [0.15, 0.2) is 46.8 Å². The lowest BCUT2D eigenvalue weighted by Gasteiger charge is -2.11. The van der Waals surface area contributed by atoms with Crippen LogP contribution in [0, 0.1) is 18.3 Å². The summed E-state index contributed by atoms with van der Waals surface area (Å²) >= 11 is 8.52. The number of carbonyl (C=O) groups excluding carboxylic acids is 1. The van der Waals surface area contributed by atoms with E-state index in [2.05, 4.69) is 21.4 Å². The highest BCUT2D eigenvalue weighted by Gasteiger charge is 2.19. The average Bonchev–Trinajstić information content (AvgIpc) is 3.11. The van der Waals surface area contributed by atoms with Gasteiger partial charge in [0.15, 0.2) is 5.13 Å². The van der Waals surface area contributed by atoms with Crippen LogP contribution < -0.4 is 5.32 Å². The third-order valence-electron chi connectivity index (χ3n) is 3.65. The highest BCUT2D eigenvalue weighted by Crippen LogP contribution is 2.28. The van der Waals surface area contributed by atoms with E-state index in [4.69, 9.17) is 11.6 Å². The molecule has 1 atom stereocenters. The van der Waals surface area contributed by atoms with Gasteiger partial charge in [-0.15, -0.1) is 11.3 Å². The smallest absolute Gasteiger partial charge is 0.239 e. The SMILES string of the molecule is Cc1ccc(C#N)c(SC(C)C(=O)Nc2nc(-c3ccc(Cl)cc3)cs2)n1. The van der Waals surface area contributed by atoms with Gasteiger partial charge in [-0.25, -0.2) is 9.97 Å².